The van der Waals surface area contributed by atoms with Crippen LogP contribution in [0.15, 0.2) is 18.2 Å². The number of rotatable bonds is 3. The van der Waals surface area contributed by atoms with Gasteiger partial charge in [0, 0.05) is 23.7 Å². The lowest BCUT2D eigenvalue weighted by molar-refractivity contribution is 0.112. The summed E-state index contributed by atoms with van der Waals surface area (Å²) in [5.74, 6) is 0.582. The van der Waals surface area contributed by atoms with Gasteiger partial charge in [0.05, 0.1) is 0 Å². The molecule has 0 saturated carbocycles. The fourth-order valence-corrected chi connectivity index (χ4v) is 2.01. The lowest BCUT2D eigenvalue weighted by Crippen LogP contribution is -2.02. The Morgan fingerprint density at radius 2 is 2.19 bits per heavy atom. The lowest BCUT2D eigenvalue weighted by Gasteiger charge is -2.05. The van der Waals surface area contributed by atoms with Crippen molar-refractivity contribution in [3.8, 4) is 0 Å². The minimum absolute atomic E-state index is 0.582. The zero-order valence-corrected chi connectivity index (χ0v) is 9.90. The van der Waals surface area contributed by atoms with Crippen LogP contribution in [0.4, 0.5) is 0 Å². The average molecular weight is 216 g/mol. The summed E-state index contributed by atoms with van der Waals surface area (Å²) >= 11 is 0. The fourth-order valence-electron chi connectivity index (χ4n) is 2.01. The smallest absolute Gasteiger partial charge is 0.152 e. The summed E-state index contributed by atoms with van der Waals surface area (Å²) in [5.41, 5.74) is 2.69. The number of aromatic nitrogens is 2. The number of benzene rings is 1. The summed E-state index contributed by atoms with van der Waals surface area (Å²) in [4.78, 5) is 10.9. The SMILES string of the molecule is CC(C)Cc1c2cccc(C=O)c2nn1C. The van der Waals surface area contributed by atoms with Crippen molar-refractivity contribution >= 4 is 17.2 Å². The van der Waals surface area contributed by atoms with Crippen molar-refractivity contribution in [2.75, 3.05) is 0 Å². The number of carbonyl (C=O) groups is 1. The van der Waals surface area contributed by atoms with Crippen LogP contribution in [0.3, 0.4) is 0 Å². The molecular formula is C13H16N2O. The van der Waals surface area contributed by atoms with Gasteiger partial charge in [-0.25, -0.2) is 0 Å². The molecule has 0 unspecified atom stereocenters. The van der Waals surface area contributed by atoms with Crippen molar-refractivity contribution in [2.45, 2.75) is 20.3 Å². The third-order valence-electron chi connectivity index (χ3n) is 2.75. The van der Waals surface area contributed by atoms with Crippen molar-refractivity contribution in [2.24, 2.45) is 13.0 Å². The highest BCUT2D eigenvalue weighted by Crippen LogP contribution is 2.22. The first-order chi connectivity index (χ1) is 7.63. The van der Waals surface area contributed by atoms with Gasteiger partial charge in [-0.05, 0) is 18.4 Å². The highest BCUT2D eigenvalue weighted by molar-refractivity contribution is 5.96. The largest absolute Gasteiger partial charge is 0.298 e. The second-order valence-electron chi connectivity index (χ2n) is 4.53. The zero-order chi connectivity index (χ0) is 11.7. The monoisotopic (exact) mass is 216 g/mol. The number of hydrogen-bond donors (Lipinski definition) is 0. The molecule has 0 saturated heterocycles. The van der Waals surface area contributed by atoms with Crippen LogP contribution in [-0.4, -0.2) is 16.1 Å². The van der Waals surface area contributed by atoms with Gasteiger partial charge in [-0.1, -0.05) is 26.0 Å². The summed E-state index contributed by atoms with van der Waals surface area (Å²) in [7, 11) is 1.94. The van der Waals surface area contributed by atoms with Crippen molar-refractivity contribution in [1.29, 1.82) is 0 Å². The number of hydrogen-bond acceptors (Lipinski definition) is 2. The number of fused-ring (bicyclic) bond motifs is 1. The highest BCUT2D eigenvalue weighted by Gasteiger charge is 2.12. The molecule has 3 heteroatoms. The molecule has 0 aliphatic heterocycles. The second-order valence-corrected chi connectivity index (χ2v) is 4.53. The molecule has 84 valence electrons. The summed E-state index contributed by atoms with van der Waals surface area (Å²) in [6.07, 6.45) is 1.85. The lowest BCUT2D eigenvalue weighted by atomic mass is 10.0. The van der Waals surface area contributed by atoms with Crippen molar-refractivity contribution in [3.05, 3.63) is 29.5 Å². The molecule has 2 aromatic rings. The molecule has 0 N–H and O–H groups in total. The molecule has 3 nitrogen and oxygen atoms in total. The molecule has 0 bridgehead atoms. The number of aldehydes is 1. The topological polar surface area (TPSA) is 34.9 Å². The first-order valence-electron chi connectivity index (χ1n) is 5.53. The van der Waals surface area contributed by atoms with E-state index in [0.29, 0.717) is 11.5 Å². The Labute approximate surface area is 95.1 Å². The Kier molecular flexibility index (Phi) is 2.77. The molecule has 0 atom stereocenters. The third kappa shape index (κ3) is 1.73. The van der Waals surface area contributed by atoms with E-state index in [2.05, 4.69) is 18.9 Å². The van der Waals surface area contributed by atoms with E-state index in [1.165, 1.54) is 5.69 Å². The molecule has 0 amide bonds. The summed E-state index contributed by atoms with van der Waals surface area (Å²) in [6, 6.07) is 5.76. The van der Waals surface area contributed by atoms with E-state index in [-0.39, 0.29) is 0 Å². The molecule has 0 aliphatic rings. The van der Waals surface area contributed by atoms with E-state index in [0.717, 1.165) is 23.6 Å². The van der Waals surface area contributed by atoms with Gasteiger partial charge in [0.15, 0.2) is 6.29 Å². The Hall–Kier alpha value is -1.64. The Bertz CT molecular complexity index is 526. The third-order valence-corrected chi connectivity index (χ3v) is 2.75. The maximum atomic E-state index is 10.9. The van der Waals surface area contributed by atoms with Crippen LogP contribution < -0.4 is 0 Å². The second kappa shape index (κ2) is 4.08. The van der Waals surface area contributed by atoms with Crippen LogP contribution in [0.5, 0.6) is 0 Å². The van der Waals surface area contributed by atoms with Crippen LogP contribution >= 0.6 is 0 Å². The van der Waals surface area contributed by atoms with E-state index in [1.54, 1.807) is 0 Å². The van der Waals surface area contributed by atoms with Crippen LogP contribution in [0, 0.1) is 5.92 Å². The Morgan fingerprint density at radius 1 is 1.44 bits per heavy atom. The Balaban J connectivity index is 2.66. The van der Waals surface area contributed by atoms with Crippen molar-refractivity contribution in [3.63, 3.8) is 0 Å². The fraction of sp³-hybridized carbons (Fsp3) is 0.385. The minimum atomic E-state index is 0.582. The van der Waals surface area contributed by atoms with E-state index in [1.807, 2.05) is 29.9 Å². The van der Waals surface area contributed by atoms with Crippen molar-refractivity contribution < 1.29 is 4.79 Å². The van der Waals surface area contributed by atoms with Gasteiger partial charge >= 0.3 is 0 Å². The van der Waals surface area contributed by atoms with Crippen LogP contribution in [-0.2, 0) is 13.5 Å². The van der Waals surface area contributed by atoms with Gasteiger partial charge in [-0.15, -0.1) is 0 Å². The molecule has 2 rings (SSSR count). The normalized spacial score (nSPS) is 11.2. The molecule has 1 aromatic carbocycles. The van der Waals surface area contributed by atoms with Gasteiger partial charge in [-0.2, -0.15) is 5.10 Å². The maximum absolute atomic E-state index is 10.9. The summed E-state index contributed by atoms with van der Waals surface area (Å²) in [5, 5.41) is 5.52. The van der Waals surface area contributed by atoms with Crippen LogP contribution in [0.2, 0.25) is 0 Å². The van der Waals surface area contributed by atoms with Crippen LogP contribution in [0.1, 0.15) is 29.9 Å². The Morgan fingerprint density at radius 3 is 2.81 bits per heavy atom. The van der Waals surface area contributed by atoms with Gasteiger partial charge in [0.2, 0.25) is 0 Å². The predicted molar refractivity (Wildman–Crippen MR) is 64.6 cm³/mol. The molecule has 0 fully saturated rings. The van der Waals surface area contributed by atoms with E-state index >= 15 is 0 Å². The minimum Gasteiger partial charge on any atom is -0.298 e. The molecule has 0 spiro atoms. The summed E-state index contributed by atoms with van der Waals surface area (Å²) in [6.45, 7) is 4.37. The molecule has 16 heavy (non-hydrogen) atoms. The summed E-state index contributed by atoms with van der Waals surface area (Å²) < 4.78 is 1.89. The standard InChI is InChI=1S/C13H16N2O/c1-9(2)7-12-11-6-4-5-10(8-16)13(11)14-15(12)3/h4-6,8-9H,7H2,1-3H3. The first-order valence-corrected chi connectivity index (χ1v) is 5.53. The number of aryl methyl sites for hydroxylation is 1. The van der Waals surface area contributed by atoms with Crippen molar-refractivity contribution in [1.82, 2.24) is 9.78 Å². The van der Waals surface area contributed by atoms with Gasteiger partial charge in [0.1, 0.15) is 5.52 Å². The molecule has 0 aliphatic carbocycles. The molecule has 1 heterocycles. The van der Waals surface area contributed by atoms with E-state index in [9.17, 15) is 4.79 Å². The van der Waals surface area contributed by atoms with Crippen LogP contribution in [0.25, 0.3) is 10.9 Å². The van der Waals surface area contributed by atoms with Gasteiger partial charge in [-0.3, -0.25) is 9.48 Å². The maximum Gasteiger partial charge on any atom is 0.152 e. The average Bonchev–Trinajstić information content (AvgIpc) is 2.55. The van der Waals surface area contributed by atoms with E-state index in [4.69, 9.17) is 0 Å². The van der Waals surface area contributed by atoms with E-state index < -0.39 is 0 Å². The zero-order valence-electron chi connectivity index (χ0n) is 9.90. The number of nitrogens with zero attached hydrogens (tertiary/aromatic N) is 2. The first kappa shape index (κ1) is 10.9. The molecule has 0 radical (unpaired) electrons. The van der Waals surface area contributed by atoms with Gasteiger partial charge in [0.25, 0.3) is 0 Å². The predicted octanol–water partition coefficient (Wildman–Crippen LogP) is 2.58. The van der Waals surface area contributed by atoms with Gasteiger partial charge < -0.3 is 0 Å². The highest BCUT2D eigenvalue weighted by atomic mass is 16.1. The quantitative estimate of drug-likeness (QED) is 0.739. The molecular weight excluding hydrogens is 200 g/mol. The number of carbonyl (C=O) groups excluding carboxylic acids is 1. The molecule has 1 aromatic heterocycles.